The Hall–Kier alpha value is -4.08. The lowest BCUT2D eigenvalue weighted by atomic mass is 10.0. The van der Waals surface area contributed by atoms with E-state index in [-0.39, 0.29) is 43.7 Å². The van der Waals surface area contributed by atoms with Crippen LogP contribution >= 0.6 is 0 Å². The van der Waals surface area contributed by atoms with Crippen molar-refractivity contribution in [3.8, 4) is 17.2 Å². The number of phenolic OH excluding ortho intramolecular Hbond substituents is 1. The van der Waals surface area contributed by atoms with E-state index in [0.717, 1.165) is 50.5 Å². The number of carbonyl (C=O) groups is 1. The Morgan fingerprint density at radius 3 is 2.26 bits per heavy atom. The number of ether oxygens (including phenoxy) is 3. The second-order valence-electron chi connectivity index (χ2n) is 12.9. The molecule has 1 atom stereocenters. The Bertz CT molecular complexity index is 1430. The molecule has 47 heavy (non-hydrogen) atoms. The number of carbonyl (C=O) groups excluding carboxylic acids is 1. The summed E-state index contributed by atoms with van der Waals surface area (Å²) in [5.41, 5.74) is 1.20. The van der Waals surface area contributed by atoms with Crippen LogP contribution in [0.2, 0.25) is 0 Å². The summed E-state index contributed by atoms with van der Waals surface area (Å²) < 4.78 is 58.8. The Balaban J connectivity index is 1.45. The van der Waals surface area contributed by atoms with Crippen LogP contribution < -0.4 is 14.4 Å². The molecule has 3 aromatic rings. The highest BCUT2D eigenvalue weighted by Crippen LogP contribution is 2.46. The largest absolute Gasteiger partial charge is 0.508 e. The number of hydrogen-bond donors (Lipinski definition) is 1. The summed E-state index contributed by atoms with van der Waals surface area (Å²) in [5, 5.41) is 10.1. The van der Waals surface area contributed by atoms with Crippen molar-refractivity contribution in [2.24, 2.45) is 0 Å². The zero-order chi connectivity index (χ0) is 33.8. The minimum Gasteiger partial charge on any atom is -0.508 e. The number of anilines is 2. The molecule has 0 aliphatic carbocycles. The second-order valence-corrected chi connectivity index (χ2v) is 12.9. The van der Waals surface area contributed by atoms with Crippen molar-refractivity contribution >= 4 is 17.5 Å². The molecule has 0 radical (unpaired) electrons. The summed E-state index contributed by atoms with van der Waals surface area (Å²) in [5.74, 6) is -0.144. The van der Waals surface area contributed by atoms with Crippen molar-refractivity contribution in [1.82, 2.24) is 4.90 Å². The van der Waals surface area contributed by atoms with Gasteiger partial charge in [-0.25, -0.2) is 13.6 Å². The normalized spacial score (nSPS) is 14.3. The predicted molar refractivity (Wildman–Crippen MR) is 177 cm³/mol. The quantitative estimate of drug-likeness (QED) is 0.155. The van der Waals surface area contributed by atoms with Gasteiger partial charge in [0, 0.05) is 30.4 Å². The molecule has 3 aromatic carbocycles. The van der Waals surface area contributed by atoms with Gasteiger partial charge in [0.2, 0.25) is 0 Å². The molecule has 0 fully saturated rings. The van der Waals surface area contributed by atoms with E-state index >= 15 is 4.39 Å². The number of hydrogen-bond acceptors (Lipinski definition) is 6. The van der Waals surface area contributed by atoms with Crippen molar-refractivity contribution < 1.29 is 37.3 Å². The molecule has 0 spiro atoms. The SMILES string of the molecule is CC(C)(C)OC(=O)N(CCCCCCCCCCF)CCOc1cc(F)cc(N2c3ccc(O)cc3OCC2c2ccc(F)cc2)c1. The van der Waals surface area contributed by atoms with E-state index in [2.05, 4.69) is 0 Å². The van der Waals surface area contributed by atoms with Crippen molar-refractivity contribution in [2.45, 2.75) is 83.8 Å². The van der Waals surface area contributed by atoms with Gasteiger partial charge in [-0.1, -0.05) is 50.7 Å². The zero-order valence-corrected chi connectivity index (χ0v) is 27.7. The van der Waals surface area contributed by atoms with E-state index in [9.17, 15) is 18.7 Å². The number of phenols is 1. The first kappa shape index (κ1) is 35.8. The van der Waals surface area contributed by atoms with E-state index in [0.29, 0.717) is 30.1 Å². The molecular formula is C37H47F3N2O5. The summed E-state index contributed by atoms with van der Waals surface area (Å²) in [7, 11) is 0. The standard InChI is InChI=1S/C37H47F3N2O5/c1-37(2,3)47-36(44)41(19-11-9-7-5-4-6-8-10-18-38)20-21-45-32-23-29(40)22-30(24-32)42-33-17-16-31(43)25-35(33)46-26-34(42)27-12-14-28(39)15-13-27/h12-17,22-25,34,43H,4-11,18-21,26H2,1-3H3. The molecule has 4 rings (SSSR count). The molecule has 1 aliphatic rings. The smallest absolute Gasteiger partial charge is 0.410 e. The van der Waals surface area contributed by atoms with Gasteiger partial charge in [-0.2, -0.15) is 0 Å². The van der Waals surface area contributed by atoms with Gasteiger partial charge in [0.15, 0.2) is 0 Å². The Kier molecular flexibility index (Phi) is 13.1. The van der Waals surface area contributed by atoms with Crippen LogP contribution in [0, 0.1) is 11.6 Å². The van der Waals surface area contributed by atoms with Crippen LogP contribution in [0.4, 0.5) is 29.3 Å². The van der Waals surface area contributed by atoms with E-state index < -0.39 is 23.6 Å². The molecule has 1 heterocycles. The molecule has 1 unspecified atom stereocenters. The third-order valence-corrected chi connectivity index (χ3v) is 7.89. The number of rotatable bonds is 16. The van der Waals surface area contributed by atoms with Crippen molar-refractivity contribution in [1.29, 1.82) is 0 Å². The first-order valence-corrected chi connectivity index (χ1v) is 16.5. The lowest BCUT2D eigenvalue weighted by Gasteiger charge is -2.39. The molecule has 0 saturated carbocycles. The average Bonchev–Trinajstić information content (AvgIpc) is 3.01. The summed E-state index contributed by atoms with van der Waals surface area (Å²) in [6.45, 7) is 6.26. The highest BCUT2D eigenvalue weighted by molar-refractivity contribution is 5.74. The third kappa shape index (κ3) is 11.0. The molecule has 10 heteroatoms. The van der Waals surface area contributed by atoms with E-state index in [4.69, 9.17) is 14.2 Å². The molecule has 1 aliphatic heterocycles. The van der Waals surface area contributed by atoms with E-state index in [1.165, 1.54) is 36.4 Å². The summed E-state index contributed by atoms with van der Waals surface area (Å²) >= 11 is 0. The Labute approximate surface area is 276 Å². The van der Waals surface area contributed by atoms with Crippen LogP contribution in [0.25, 0.3) is 0 Å². The maximum Gasteiger partial charge on any atom is 0.410 e. The van der Waals surface area contributed by atoms with Crippen LogP contribution in [0.1, 0.15) is 83.7 Å². The first-order valence-electron chi connectivity index (χ1n) is 16.5. The maximum absolute atomic E-state index is 15.1. The van der Waals surface area contributed by atoms with Crippen molar-refractivity contribution in [2.75, 3.05) is 37.9 Å². The number of amides is 1. The molecular weight excluding hydrogens is 609 g/mol. The van der Waals surface area contributed by atoms with Gasteiger partial charge >= 0.3 is 6.09 Å². The molecule has 7 nitrogen and oxygen atoms in total. The molecule has 1 N–H and O–H groups in total. The van der Waals surface area contributed by atoms with Crippen LogP contribution in [0.15, 0.2) is 60.7 Å². The molecule has 0 saturated heterocycles. The van der Waals surface area contributed by atoms with Gasteiger partial charge in [-0.3, -0.25) is 4.39 Å². The van der Waals surface area contributed by atoms with Crippen LogP contribution in [0.5, 0.6) is 17.2 Å². The monoisotopic (exact) mass is 656 g/mol. The fraction of sp³-hybridized carbons (Fsp3) is 0.486. The number of unbranched alkanes of at least 4 members (excludes halogenated alkanes) is 7. The van der Waals surface area contributed by atoms with Gasteiger partial charge in [0.1, 0.15) is 47.7 Å². The Morgan fingerprint density at radius 1 is 0.894 bits per heavy atom. The van der Waals surface area contributed by atoms with E-state index in [1.807, 2.05) is 25.7 Å². The number of nitrogens with zero attached hydrogens (tertiary/aromatic N) is 2. The minimum atomic E-state index is -0.653. The van der Waals surface area contributed by atoms with Crippen LogP contribution in [0.3, 0.4) is 0 Å². The van der Waals surface area contributed by atoms with Gasteiger partial charge in [0.05, 0.1) is 24.9 Å². The first-order chi connectivity index (χ1) is 22.5. The minimum absolute atomic E-state index is 0.0342. The summed E-state index contributed by atoms with van der Waals surface area (Å²) in [6.07, 6.45) is 7.16. The predicted octanol–water partition coefficient (Wildman–Crippen LogP) is 9.65. The maximum atomic E-state index is 15.1. The molecule has 0 aromatic heterocycles. The molecule has 256 valence electrons. The highest BCUT2D eigenvalue weighted by atomic mass is 19.1. The highest BCUT2D eigenvalue weighted by Gasteiger charge is 2.31. The van der Waals surface area contributed by atoms with Gasteiger partial charge in [0.25, 0.3) is 0 Å². The van der Waals surface area contributed by atoms with Gasteiger partial charge in [-0.05, 0) is 69.5 Å². The molecule has 1 amide bonds. The molecule has 0 bridgehead atoms. The van der Waals surface area contributed by atoms with Crippen LogP contribution in [-0.2, 0) is 4.74 Å². The number of aromatic hydroxyl groups is 1. The third-order valence-electron chi connectivity index (χ3n) is 7.89. The number of benzene rings is 3. The van der Waals surface area contributed by atoms with Gasteiger partial charge in [-0.15, -0.1) is 0 Å². The van der Waals surface area contributed by atoms with Crippen molar-refractivity contribution in [3.63, 3.8) is 0 Å². The number of fused-ring (bicyclic) bond motifs is 1. The number of halogens is 3. The average molecular weight is 657 g/mol. The van der Waals surface area contributed by atoms with E-state index in [1.54, 1.807) is 29.2 Å². The fourth-order valence-corrected chi connectivity index (χ4v) is 5.60. The zero-order valence-electron chi connectivity index (χ0n) is 27.7. The fourth-order valence-electron chi connectivity index (χ4n) is 5.60. The van der Waals surface area contributed by atoms with Crippen LogP contribution in [-0.4, -0.2) is 54.7 Å². The summed E-state index contributed by atoms with van der Waals surface area (Å²) in [4.78, 5) is 16.5. The summed E-state index contributed by atoms with van der Waals surface area (Å²) in [6, 6.07) is 14.8. The van der Waals surface area contributed by atoms with Crippen molar-refractivity contribution in [3.05, 3.63) is 77.9 Å². The lowest BCUT2D eigenvalue weighted by molar-refractivity contribution is 0.0223. The second kappa shape index (κ2) is 17.2. The Morgan fingerprint density at radius 2 is 1.57 bits per heavy atom. The topological polar surface area (TPSA) is 71.5 Å². The van der Waals surface area contributed by atoms with Gasteiger partial charge < -0.3 is 29.1 Å². The number of alkyl halides is 1. The lowest BCUT2D eigenvalue weighted by Crippen LogP contribution is -2.39.